The number of benzene rings is 1. The summed E-state index contributed by atoms with van der Waals surface area (Å²) in [5.74, 6) is -1.22. The number of amides is 1. The second-order valence-corrected chi connectivity index (χ2v) is 7.21. The van der Waals surface area contributed by atoms with Crippen LogP contribution in [0.3, 0.4) is 0 Å². The van der Waals surface area contributed by atoms with Gasteiger partial charge >= 0.3 is 0 Å². The third-order valence-electron chi connectivity index (χ3n) is 1.82. The summed E-state index contributed by atoms with van der Waals surface area (Å²) in [6.45, 7) is 1.80. The Morgan fingerprint density at radius 2 is 1.65 bits per heavy atom. The normalized spacial score (nSPS) is 12.2. The molecule has 0 atom stereocenters. The molecule has 0 aliphatic rings. The van der Waals surface area contributed by atoms with Gasteiger partial charge in [0.1, 0.15) is 0 Å². The van der Waals surface area contributed by atoms with E-state index in [1.54, 1.807) is 23.8 Å². The smallest absolute Gasteiger partial charge is 0.269 e. The first-order valence-electron chi connectivity index (χ1n) is 4.33. The summed E-state index contributed by atoms with van der Waals surface area (Å²) in [6.07, 6.45) is 0. The number of hydrogen-bond donors (Lipinski definition) is 1. The highest BCUT2D eigenvalue weighted by atomic mass is 35.6. The number of nitrogens with one attached hydrogen (secondary N) is 1. The zero-order valence-corrected chi connectivity index (χ0v) is 11.7. The summed E-state index contributed by atoms with van der Waals surface area (Å²) < 4.78 is 22.7. The lowest BCUT2D eigenvalue weighted by molar-refractivity contribution is -0.118. The van der Waals surface area contributed by atoms with E-state index in [1.807, 2.05) is 0 Å². The summed E-state index contributed by atoms with van der Waals surface area (Å²) in [7, 11) is -4.01. The van der Waals surface area contributed by atoms with Gasteiger partial charge in [-0.3, -0.25) is 4.79 Å². The number of hydrogen-bond acceptors (Lipinski definition) is 3. The zero-order valence-electron chi connectivity index (χ0n) is 8.58. The lowest BCUT2D eigenvalue weighted by Crippen LogP contribution is -2.38. The summed E-state index contributed by atoms with van der Waals surface area (Å²) in [5, 5.41) is 0. The zero-order chi connectivity index (χ0) is 13.3. The van der Waals surface area contributed by atoms with Crippen LogP contribution in [0, 0.1) is 6.92 Å². The first-order valence-corrected chi connectivity index (χ1v) is 6.95. The summed E-state index contributed by atoms with van der Waals surface area (Å²) >= 11 is 15.8. The molecule has 1 aromatic rings. The number of carbonyl (C=O) groups excluding carboxylic acids is 1. The highest BCUT2D eigenvalue weighted by Crippen LogP contribution is 2.26. The van der Waals surface area contributed by atoms with Crippen LogP contribution in [0.4, 0.5) is 0 Å². The van der Waals surface area contributed by atoms with Gasteiger partial charge in [-0.15, -0.1) is 0 Å². The Hall–Kier alpha value is -0.490. The molecule has 1 amide bonds. The molecule has 0 bridgehead atoms. The Morgan fingerprint density at radius 1 is 1.18 bits per heavy atom. The molecule has 0 unspecified atom stereocenters. The van der Waals surface area contributed by atoms with Crippen LogP contribution in [0.15, 0.2) is 29.2 Å². The van der Waals surface area contributed by atoms with Gasteiger partial charge in [0.15, 0.2) is 0 Å². The van der Waals surface area contributed by atoms with E-state index in [1.165, 1.54) is 12.1 Å². The van der Waals surface area contributed by atoms with Crippen LogP contribution in [0.25, 0.3) is 0 Å². The lowest BCUT2D eigenvalue weighted by atomic mass is 10.2. The third kappa shape index (κ3) is 4.03. The first kappa shape index (κ1) is 14.6. The van der Waals surface area contributed by atoms with Gasteiger partial charge in [-0.1, -0.05) is 52.5 Å². The predicted octanol–water partition coefficient (Wildman–Crippen LogP) is 2.17. The van der Waals surface area contributed by atoms with E-state index in [4.69, 9.17) is 34.8 Å². The minimum atomic E-state index is -4.01. The van der Waals surface area contributed by atoms with Gasteiger partial charge in [0.2, 0.25) is 0 Å². The second-order valence-electron chi connectivity index (χ2n) is 3.25. The maximum Gasteiger partial charge on any atom is 0.285 e. The van der Waals surface area contributed by atoms with Crippen molar-refractivity contribution in [3.05, 3.63) is 29.8 Å². The molecule has 0 saturated heterocycles. The van der Waals surface area contributed by atoms with E-state index in [-0.39, 0.29) is 4.90 Å². The molecule has 0 saturated carbocycles. The van der Waals surface area contributed by atoms with Crippen molar-refractivity contribution in [3.8, 4) is 0 Å². The molecule has 17 heavy (non-hydrogen) atoms. The van der Waals surface area contributed by atoms with Crippen molar-refractivity contribution in [2.75, 3.05) is 0 Å². The molecule has 0 aliphatic carbocycles. The minimum absolute atomic E-state index is 0.0781. The van der Waals surface area contributed by atoms with Crippen LogP contribution in [-0.2, 0) is 14.8 Å². The quantitative estimate of drug-likeness (QED) is 0.851. The van der Waals surface area contributed by atoms with Gasteiger partial charge in [-0.2, -0.15) is 0 Å². The highest BCUT2D eigenvalue weighted by molar-refractivity contribution is 7.90. The molecule has 1 aromatic carbocycles. The fraction of sp³-hybridized carbons (Fsp3) is 0.222. The Balaban J connectivity index is 2.98. The van der Waals surface area contributed by atoms with Gasteiger partial charge in [-0.25, -0.2) is 13.1 Å². The SMILES string of the molecule is Cc1ccc(S(=O)(=O)NC(=O)C(Cl)(Cl)Cl)cc1. The average molecular weight is 317 g/mol. The Labute approximate surface area is 114 Å². The number of alkyl halides is 3. The van der Waals surface area contributed by atoms with Crippen LogP contribution in [-0.4, -0.2) is 18.1 Å². The van der Waals surface area contributed by atoms with Gasteiger partial charge in [-0.05, 0) is 19.1 Å². The van der Waals surface area contributed by atoms with Crippen molar-refractivity contribution >= 4 is 50.7 Å². The van der Waals surface area contributed by atoms with Gasteiger partial charge in [0, 0.05) is 0 Å². The maximum absolute atomic E-state index is 11.7. The highest BCUT2D eigenvalue weighted by Gasteiger charge is 2.34. The number of sulfonamides is 1. The fourth-order valence-corrected chi connectivity index (χ4v) is 2.28. The van der Waals surface area contributed by atoms with Crippen molar-refractivity contribution in [2.24, 2.45) is 0 Å². The van der Waals surface area contributed by atoms with E-state index >= 15 is 0 Å². The third-order valence-corrected chi connectivity index (χ3v) is 3.68. The molecule has 0 heterocycles. The average Bonchev–Trinajstić information content (AvgIpc) is 2.16. The van der Waals surface area contributed by atoms with E-state index in [2.05, 4.69) is 0 Å². The maximum atomic E-state index is 11.7. The van der Waals surface area contributed by atoms with E-state index in [0.29, 0.717) is 0 Å². The Kier molecular flexibility index (Phi) is 4.30. The summed E-state index contributed by atoms with van der Waals surface area (Å²) in [5.41, 5.74) is 0.886. The monoisotopic (exact) mass is 315 g/mol. The van der Waals surface area contributed by atoms with Crippen LogP contribution in [0.1, 0.15) is 5.56 Å². The van der Waals surface area contributed by atoms with Gasteiger partial charge < -0.3 is 0 Å². The largest absolute Gasteiger partial charge is 0.285 e. The molecule has 0 spiro atoms. The van der Waals surface area contributed by atoms with E-state index in [0.717, 1.165) is 5.56 Å². The lowest BCUT2D eigenvalue weighted by Gasteiger charge is -2.11. The van der Waals surface area contributed by atoms with E-state index in [9.17, 15) is 13.2 Å². The summed E-state index contributed by atoms with van der Waals surface area (Å²) in [4.78, 5) is 11.2. The molecule has 8 heteroatoms. The number of halogens is 3. The topological polar surface area (TPSA) is 63.2 Å². The number of carbonyl (C=O) groups is 1. The molecule has 0 fully saturated rings. The molecule has 1 rings (SSSR count). The Bertz CT molecular complexity index is 519. The Morgan fingerprint density at radius 3 is 2.06 bits per heavy atom. The van der Waals surface area contributed by atoms with Gasteiger partial charge in [0.05, 0.1) is 4.90 Å². The van der Waals surface area contributed by atoms with E-state index < -0.39 is 19.7 Å². The second kappa shape index (κ2) is 5.02. The standard InChI is InChI=1S/C9H8Cl3NO3S/c1-6-2-4-7(5-3-6)17(15,16)13-8(14)9(10,11)12/h2-5H,1H3,(H,13,14). The van der Waals surface area contributed by atoms with Crippen molar-refractivity contribution in [2.45, 2.75) is 15.6 Å². The van der Waals surface area contributed by atoms with Crippen molar-refractivity contribution in [1.29, 1.82) is 0 Å². The van der Waals surface area contributed by atoms with Crippen LogP contribution in [0.2, 0.25) is 0 Å². The van der Waals surface area contributed by atoms with Crippen LogP contribution >= 0.6 is 34.8 Å². The van der Waals surface area contributed by atoms with Crippen molar-refractivity contribution < 1.29 is 13.2 Å². The molecule has 4 nitrogen and oxygen atoms in total. The van der Waals surface area contributed by atoms with Crippen molar-refractivity contribution in [3.63, 3.8) is 0 Å². The predicted molar refractivity (Wildman–Crippen MR) is 66.8 cm³/mol. The minimum Gasteiger partial charge on any atom is -0.269 e. The molecule has 1 N–H and O–H groups in total. The van der Waals surface area contributed by atoms with Gasteiger partial charge in [0.25, 0.3) is 19.7 Å². The van der Waals surface area contributed by atoms with Crippen LogP contribution in [0.5, 0.6) is 0 Å². The van der Waals surface area contributed by atoms with Crippen LogP contribution < -0.4 is 4.72 Å². The molecule has 94 valence electrons. The number of rotatable bonds is 2. The number of aryl methyl sites for hydroxylation is 1. The first-order chi connectivity index (χ1) is 7.63. The molecule has 0 aromatic heterocycles. The molecular formula is C9H8Cl3NO3S. The summed E-state index contributed by atoms with van der Waals surface area (Å²) in [6, 6.07) is 5.88. The fourth-order valence-electron chi connectivity index (χ4n) is 0.956. The molecular weight excluding hydrogens is 309 g/mol. The molecule has 0 radical (unpaired) electrons. The molecule has 0 aliphatic heterocycles. The van der Waals surface area contributed by atoms with Crippen molar-refractivity contribution in [1.82, 2.24) is 4.72 Å².